The van der Waals surface area contributed by atoms with Crippen molar-refractivity contribution >= 4 is 38.9 Å². The zero-order valence-corrected chi connectivity index (χ0v) is 31.8. The van der Waals surface area contributed by atoms with E-state index in [1.165, 1.54) is 55.2 Å². The Morgan fingerprint density at radius 3 is 1.71 bits per heavy atom. The van der Waals surface area contributed by atoms with Crippen molar-refractivity contribution in [2.75, 3.05) is 4.90 Å². The van der Waals surface area contributed by atoms with E-state index >= 15 is 0 Å². The number of rotatable bonds is 4. The third kappa shape index (κ3) is 4.37. The van der Waals surface area contributed by atoms with E-state index in [9.17, 15) is 0 Å². The average Bonchev–Trinajstić information content (AvgIpc) is 3.91. The van der Waals surface area contributed by atoms with Gasteiger partial charge in [-0.05, 0) is 99.6 Å². The predicted octanol–water partition coefficient (Wildman–Crippen LogP) is 14.5. The third-order valence-corrected chi connectivity index (χ3v) is 12.6. The smallest absolute Gasteiger partial charge is 0.178 e. The van der Waals surface area contributed by atoms with Gasteiger partial charge in [0.05, 0.1) is 22.1 Å². The van der Waals surface area contributed by atoms with Crippen LogP contribution < -0.4 is 14.4 Å². The number of hydrogen-bond acceptors (Lipinski definition) is 3. The summed E-state index contributed by atoms with van der Waals surface area (Å²) in [6.45, 7) is 0. The van der Waals surface area contributed by atoms with Crippen LogP contribution in [0.1, 0.15) is 22.3 Å². The number of anilines is 3. The molecule has 59 heavy (non-hydrogen) atoms. The van der Waals surface area contributed by atoms with Crippen LogP contribution >= 0.6 is 0 Å². The Hall–Kier alpha value is -7.82. The first-order chi connectivity index (χ1) is 29.3. The van der Waals surface area contributed by atoms with Crippen molar-refractivity contribution in [3.8, 4) is 50.9 Å². The molecule has 0 N–H and O–H groups in total. The zero-order valence-electron chi connectivity index (χ0n) is 31.8. The van der Waals surface area contributed by atoms with Gasteiger partial charge in [-0.3, -0.25) is 0 Å². The first kappa shape index (κ1) is 32.3. The summed E-state index contributed by atoms with van der Waals surface area (Å²) in [6, 6.07) is 73.8. The summed E-state index contributed by atoms with van der Waals surface area (Å²) in [5.41, 5.74) is 15.9. The first-order valence-electron chi connectivity index (χ1n) is 20.2. The topological polar surface area (TPSA) is 26.6 Å². The Balaban J connectivity index is 0.982. The van der Waals surface area contributed by atoms with Gasteiger partial charge in [0.1, 0.15) is 0 Å². The highest BCUT2D eigenvalue weighted by atomic mass is 16.6. The number of aromatic nitrogens is 1. The molecule has 1 spiro atoms. The largest absolute Gasteiger partial charge is 0.449 e. The molecule has 0 unspecified atom stereocenters. The number of fused-ring (bicyclic) bond motifs is 16. The minimum atomic E-state index is -0.468. The summed E-state index contributed by atoms with van der Waals surface area (Å²) >= 11 is 0. The number of para-hydroxylation sites is 3. The van der Waals surface area contributed by atoms with Crippen molar-refractivity contribution in [2.45, 2.75) is 5.41 Å². The van der Waals surface area contributed by atoms with Crippen molar-refractivity contribution in [2.24, 2.45) is 0 Å². The average molecular weight is 755 g/mol. The Morgan fingerprint density at radius 2 is 0.949 bits per heavy atom. The maximum absolute atomic E-state index is 7.15. The van der Waals surface area contributed by atoms with E-state index in [1.54, 1.807) is 0 Å². The molecule has 0 amide bonds. The molecule has 0 bridgehead atoms. The lowest BCUT2D eigenvalue weighted by atomic mass is 9.70. The highest BCUT2D eigenvalue weighted by Crippen LogP contribution is 2.66. The van der Waals surface area contributed by atoms with Crippen molar-refractivity contribution in [3.05, 3.63) is 229 Å². The van der Waals surface area contributed by atoms with Gasteiger partial charge < -0.3 is 18.9 Å². The Bertz CT molecular complexity index is 3300. The first-order valence-corrected chi connectivity index (χ1v) is 20.2. The minimum absolute atomic E-state index is 0.468. The van der Waals surface area contributed by atoms with Crippen LogP contribution in [0.2, 0.25) is 0 Å². The van der Waals surface area contributed by atoms with E-state index in [0.717, 1.165) is 45.3 Å². The highest BCUT2D eigenvalue weighted by Gasteiger charge is 2.53. The van der Waals surface area contributed by atoms with Gasteiger partial charge in [0, 0.05) is 39.5 Å². The Morgan fingerprint density at radius 1 is 0.373 bits per heavy atom. The number of hydrogen-bond donors (Lipinski definition) is 0. The summed E-state index contributed by atoms with van der Waals surface area (Å²) in [7, 11) is 0. The van der Waals surface area contributed by atoms with Crippen LogP contribution in [0, 0.1) is 0 Å². The van der Waals surface area contributed by atoms with Gasteiger partial charge in [-0.15, -0.1) is 0 Å². The SMILES string of the molecule is c1ccc(N(c2ccc3c(c2)Oc2c(ccc4c2-c2ccccc2C42c4ccccc4-c4ccccc42)O3)c2ccc3c4ccccc4n(-c4ccccc4)c3c2)cc1. The summed E-state index contributed by atoms with van der Waals surface area (Å²) in [4.78, 5) is 2.30. The lowest BCUT2D eigenvalue weighted by Crippen LogP contribution is -2.25. The standard InChI is InChI=1S/C55H34N2O2/c1-3-15-35(16-4-1)56(37-27-29-42-41-21-10-14-26-48(41)57(49(42)33-37)36-17-5-2-6-18-36)38-28-31-50-52(34-38)59-54-51(58-50)32-30-47-53(54)43-22-9-13-25-46(43)55(47)44-23-11-7-19-39(44)40-20-8-12-24-45(40)55/h1-34H. The van der Waals surface area contributed by atoms with Gasteiger partial charge in [0.15, 0.2) is 23.0 Å². The molecule has 9 aromatic carbocycles. The second-order valence-electron chi connectivity index (χ2n) is 15.6. The van der Waals surface area contributed by atoms with Crippen molar-refractivity contribution in [1.29, 1.82) is 0 Å². The predicted molar refractivity (Wildman–Crippen MR) is 238 cm³/mol. The molecule has 0 fully saturated rings. The second-order valence-corrected chi connectivity index (χ2v) is 15.6. The van der Waals surface area contributed by atoms with Crippen molar-refractivity contribution in [3.63, 3.8) is 0 Å². The van der Waals surface area contributed by atoms with Gasteiger partial charge in [-0.2, -0.15) is 0 Å². The molecule has 1 aliphatic heterocycles. The van der Waals surface area contributed by atoms with Gasteiger partial charge in [-0.25, -0.2) is 0 Å². The monoisotopic (exact) mass is 754 g/mol. The van der Waals surface area contributed by atoms with Crippen LogP contribution in [0.4, 0.5) is 17.1 Å². The zero-order chi connectivity index (χ0) is 38.7. The van der Waals surface area contributed by atoms with Crippen LogP contribution in [0.5, 0.6) is 23.0 Å². The van der Waals surface area contributed by atoms with Crippen LogP contribution in [0.15, 0.2) is 206 Å². The van der Waals surface area contributed by atoms with Gasteiger partial charge in [-0.1, -0.05) is 140 Å². The fourth-order valence-corrected chi connectivity index (χ4v) is 10.3. The van der Waals surface area contributed by atoms with E-state index in [4.69, 9.17) is 9.47 Å². The number of nitrogens with zero attached hydrogens (tertiary/aromatic N) is 2. The van der Waals surface area contributed by atoms with Crippen LogP contribution in [0.25, 0.3) is 49.7 Å². The third-order valence-electron chi connectivity index (χ3n) is 12.6. The second kappa shape index (κ2) is 12.1. The molecule has 0 saturated heterocycles. The quantitative estimate of drug-likeness (QED) is 0.179. The van der Waals surface area contributed by atoms with Gasteiger partial charge >= 0.3 is 0 Å². The maximum atomic E-state index is 7.15. The molecule has 2 heterocycles. The number of benzene rings is 9. The fourth-order valence-electron chi connectivity index (χ4n) is 10.3. The lowest BCUT2D eigenvalue weighted by Gasteiger charge is -2.31. The molecule has 0 atom stereocenters. The molecule has 276 valence electrons. The molecule has 2 aliphatic carbocycles. The molecule has 0 saturated carbocycles. The molecule has 4 heteroatoms. The van der Waals surface area contributed by atoms with Crippen molar-refractivity contribution < 1.29 is 9.47 Å². The van der Waals surface area contributed by atoms with Crippen LogP contribution in [0.3, 0.4) is 0 Å². The summed E-state index contributed by atoms with van der Waals surface area (Å²) in [5, 5.41) is 2.43. The number of ether oxygens (including phenoxy) is 2. The van der Waals surface area contributed by atoms with Crippen LogP contribution in [-0.4, -0.2) is 4.57 Å². The normalized spacial score (nSPS) is 13.5. The van der Waals surface area contributed by atoms with E-state index in [-0.39, 0.29) is 0 Å². The van der Waals surface area contributed by atoms with E-state index in [1.807, 2.05) is 6.07 Å². The summed E-state index contributed by atoms with van der Waals surface area (Å²) < 4.78 is 16.3. The summed E-state index contributed by atoms with van der Waals surface area (Å²) in [5.74, 6) is 2.83. The van der Waals surface area contributed by atoms with E-state index in [2.05, 4.69) is 210 Å². The summed E-state index contributed by atoms with van der Waals surface area (Å²) in [6.07, 6.45) is 0. The maximum Gasteiger partial charge on any atom is 0.178 e. The molecular weight excluding hydrogens is 721 g/mol. The molecule has 1 aromatic heterocycles. The fraction of sp³-hybridized carbons (Fsp3) is 0.0182. The molecule has 10 aromatic rings. The van der Waals surface area contributed by atoms with Gasteiger partial charge in [0.25, 0.3) is 0 Å². The highest BCUT2D eigenvalue weighted by molar-refractivity contribution is 6.10. The minimum Gasteiger partial charge on any atom is -0.449 e. The molecule has 13 rings (SSSR count). The van der Waals surface area contributed by atoms with E-state index in [0.29, 0.717) is 11.5 Å². The molecule has 4 nitrogen and oxygen atoms in total. The van der Waals surface area contributed by atoms with E-state index < -0.39 is 5.41 Å². The Kier molecular flexibility index (Phi) is 6.62. The molecular formula is C55H34N2O2. The van der Waals surface area contributed by atoms with Crippen LogP contribution in [-0.2, 0) is 5.41 Å². The molecule has 3 aliphatic rings. The lowest BCUT2D eigenvalue weighted by molar-refractivity contribution is 0.360. The molecule has 0 radical (unpaired) electrons. The Labute approximate surface area is 341 Å². The van der Waals surface area contributed by atoms with Gasteiger partial charge in [0.2, 0.25) is 0 Å². The van der Waals surface area contributed by atoms with Crippen molar-refractivity contribution in [1.82, 2.24) is 4.57 Å².